The summed E-state index contributed by atoms with van der Waals surface area (Å²) in [6.45, 7) is 9.56. The van der Waals surface area contributed by atoms with Gasteiger partial charge in [0.15, 0.2) is 0 Å². The minimum Gasteiger partial charge on any atom is -0.379 e. The molecule has 1 aliphatic carbocycles. The minimum atomic E-state index is -0.407. The molecule has 2 atom stereocenters. The van der Waals surface area contributed by atoms with Crippen molar-refractivity contribution in [1.82, 2.24) is 10.6 Å². The highest BCUT2D eigenvalue weighted by Gasteiger charge is 2.16. The van der Waals surface area contributed by atoms with Gasteiger partial charge >= 0.3 is 0 Å². The van der Waals surface area contributed by atoms with E-state index in [1.165, 1.54) is 24.0 Å². The number of hydrogen-bond donors (Lipinski definition) is 3. The van der Waals surface area contributed by atoms with E-state index in [1.807, 2.05) is 12.2 Å². The molecule has 3 heteroatoms. The highest BCUT2D eigenvalue weighted by Crippen LogP contribution is 2.25. The Morgan fingerprint density at radius 3 is 2.95 bits per heavy atom. The van der Waals surface area contributed by atoms with E-state index in [9.17, 15) is 0 Å². The van der Waals surface area contributed by atoms with Crippen molar-refractivity contribution in [2.75, 3.05) is 13.1 Å². The minimum absolute atomic E-state index is 0.407. The van der Waals surface area contributed by atoms with Gasteiger partial charge in [0.25, 0.3) is 0 Å². The summed E-state index contributed by atoms with van der Waals surface area (Å²) in [7, 11) is 0. The fraction of sp³-hybridized carbons (Fsp3) is 0.625. The van der Waals surface area contributed by atoms with Crippen LogP contribution in [0, 0.1) is 0 Å². The third-order valence-corrected chi connectivity index (χ3v) is 3.54. The number of aliphatic hydroxyl groups is 1. The van der Waals surface area contributed by atoms with Crippen molar-refractivity contribution in [3.63, 3.8) is 0 Å². The molecular formula is C16H28N2O. The van der Waals surface area contributed by atoms with Crippen LogP contribution in [0.2, 0.25) is 0 Å². The van der Waals surface area contributed by atoms with Gasteiger partial charge in [0.05, 0.1) is 0 Å². The molecule has 0 radical (unpaired) electrons. The Balaban J connectivity index is 2.26. The molecule has 0 heterocycles. The van der Waals surface area contributed by atoms with Crippen molar-refractivity contribution in [2.24, 2.45) is 0 Å². The van der Waals surface area contributed by atoms with Crippen LogP contribution in [0.4, 0.5) is 0 Å². The van der Waals surface area contributed by atoms with Crippen molar-refractivity contribution in [2.45, 2.75) is 51.8 Å². The lowest BCUT2D eigenvalue weighted by Gasteiger charge is -2.25. The predicted octanol–water partition coefficient (Wildman–Crippen LogP) is 2.51. The maximum atomic E-state index is 9.09. The van der Waals surface area contributed by atoms with Gasteiger partial charge in [-0.2, -0.15) is 0 Å². The molecule has 0 aromatic rings. The first kappa shape index (κ1) is 16.2. The van der Waals surface area contributed by atoms with Crippen molar-refractivity contribution in [3.8, 4) is 0 Å². The Labute approximate surface area is 117 Å². The zero-order valence-electron chi connectivity index (χ0n) is 12.3. The average molecular weight is 264 g/mol. The number of nitrogens with one attached hydrogen (secondary N) is 2. The highest BCUT2D eigenvalue weighted by atomic mass is 16.3. The SMILES string of the molecule is C=C/C=C\C1=C(C)CCC(NCCCNC(C)O)C1. The Morgan fingerprint density at radius 1 is 1.47 bits per heavy atom. The summed E-state index contributed by atoms with van der Waals surface area (Å²) < 4.78 is 0. The molecule has 108 valence electrons. The van der Waals surface area contributed by atoms with E-state index in [-0.39, 0.29) is 0 Å². The summed E-state index contributed by atoms with van der Waals surface area (Å²) in [4.78, 5) is 0. The fourth-order valence-corrected chi connectivity index (χ4v) is 2.37. The molecule has 0 amide bonds. The monoisotopic (exact) mass is 264 g/mol. The third kappa shape index (κ3) is 6.71. The van der Waals surface area contributed by atoms with E-state index >= 15 is 0 Å². The van der Waals surface area contributed by atoms with Gasteiger partial charge in [-0.15, -0.1) is 0 Å². The Bertz CT molecular complexity index is 332. The zero-order valence-corrected chi connectivity index (χ0v) is 12.3. The van der Waals surface area contributed by atoms with Gasteiger partial charge in [-0.25, -0.2) is 0 Å². The maximum absolute atomic E-state index is 9.09. The second-order valence-electron chi connectivity index (χ2n) is 5.28. The molecule has 3 nitrogen and oxygen atoms in total. The highest BCUT2D eigenvalue weighted by molar-refractivity contribution is 5.29. The van der Waals surface area contributed by atoms with Gasteiger partial charge < -0.3 is 10.4 Å². The molecule has 2 unspecified atom stereocenters. The third-order valence-electron chi connectivity index (χ3n) is 3.54. The molecule has 1 aliphatic rings. The van der Waals surface area contributed by atoms with E-state index in [2.05, 4.69) is 30.2 Å². The van der Waals surface area contributed by atoms with Crippen molar-refractivity contribution in [3.05, 3.63) is 36.0 Å². The molecule has 0 aliphatic heterocycles. The molecule has 19 heavy (non-hydrogen) atoms. The summed E-state index contributed by atoms with van der Waals surface area (Å²) in [6, 6.07) is 0.583. The number of rotatable bonds is 8. The number of aliphatic hydroxyl groups excluding tert-OH is 1. The maximum Gasteiger partial charge on any atom is 0.102 e. The van der Waals surface area contributed by atoms with Crippen LogP contribution in [0.5, 0.6) is 0 Å². The second kappa shape index (κ2) is 9.08. The van der Waals surface area contributed by atoms with E-state index < -0.39 is 6.23 Å². The van der Waals surface area contributed by atoms with Gasteiger partial charge in [0.2, 0.25) is 0 Å². The molecule has 3 N–H and O–H groups in total. The standard InChI is InChI=1S/C16H28N2O/c1-4-5-7-15-12-16(9-8-13(15)2)18-11-6-10-17-14(3)19/h4-5,7,14,16-19H,1,6,8-12H2,2-3H3/b7-5-. The average Bonchev–Trinajstić information content (AvgIpc) is 2.38. The first-order valence-corrected chi connectivity index (χ1v) is 7.26. The van der Waals surface area contributed by atoms with Gasteiger partial charge in [0, 0.05) is 6.04 Å². The molecule has 0 bridgehead atoms. The number of hydrogen-bond acceptors (Lipinski definition) is 3. The Hall–Kier alpha value is -0.900. The van der Waals surface area contributed by atoms with Gasteiger partial charge in [-0.3, -0.25) is 5.32 Å². The smallest absolute Gasteiger partial charge is 0.102 e. The van der Waals surface area contributed by atoms with Crippen molar-refractivity contribution < 1.29 is 5.11 Å². The van der Waals surface area contributed by atoms with E-state index in [4.69, 9.17) is 5.11 Å². The zero-order chi connectivity index (χ0) is 14.1. The van der Waals surface area contributed by atoms with Gasteiger partial charge in [-0.1, -0.05) is 30.4 Å². The lowest BCUT2D eigenvalue weighted by Crippen LogP contribution is -2.34. The first-order chi connectivity index (χ1) is 9.13. The summed E-state index contributed by atoms with van der Waals surface area (Å²) in [5, 5.41) is 15.7. The lowest BCUT2D eigenvalue weighted by molar-refractivity contribution is 0.156. The van der Waals surface area contributed by atoms with Crippen LogP contribution in [-0.4, -0.2) is 30.5 Å². The van der Waals surface area contributed by atoms with Crippen LogP contribution in [0.15, 0.2) is 36.0 Å². The largest absolute Gasteiger partial charge is 0.379 e. The number of allylic oxidation sites excluding steroid dienone is 4. The van der Waals surface area contributed by atoms with Crippen LogP contribution < -0.4 is 10.6 Å². The molecule has 0 saturated carbocycles. The van der Waals surface area contributed by atoms with Crippen LogP contribution >= 0.6 is 0 Å². The van der Waals surface area contributed by atoms with E-state index in [0.717, 1.165) is 25.9 Å². The van der Waals surface area contributed by atoms with E-state index in [0.29, 0.717) is 6.04 Å². The van der Waals surface area contributed by atoms with Gasteiger partial charge in [-0.05, 0) is 58.2 Å². The van der Waals surface area contributed by atoms with Crippen molar-refractivity contribution >= 4 is 0 Å². The summed E-state index contributed by atoms with van der Waals surface area (Å²) >= 11 is 0. The van der Waals surface area contributed by atoms with Crippen LogP contribution in [0.1, 0.15) is 39.5 Å². The van der Waals surface area contributed by atoms with E-state index in [1.54, 1.807) is 6.92 Å². The summed E-state index contributed by atoms with van der Waals surface area (Å²) in [6.07, 6.45) is 10.2. The topological polar surface area (TPSA) is 44.3 Å². The quantitative estimate of drug-likeness (QED) is 0.358. The molecular weight excluding hydrogens is 236 g/mol. The van der Waals surface area contributed by atoms with Crippen molar-refractivity contribution in [1.29, 1.82) is 0 Å². The predicted molar refractivity (Wildman–Crippen MR) is 82.0 cm³/mol. The molecule has 0 spiro atoms. The Morgan fingerprint density at radius 2 is 2.26 bits per heavy atom. The molecule has 1 rings (SSSR count). The van der Waals surface area contributed by atoms with Crippen LogP contribution in [0.25, 0.3) is 0 Å². The van der Waals surface area contributed by atoms with Gasteiger partial charge in [0.1, 0.15) is 6.23 Å². The fourth-order valence-electron chi connectivity index (χ4n) is 2.37. The molecule has 0 fully saturated rings. The second-order valence-corrected chi connectivity index (χ2v) is 5.28. The normalized spacial score (nSPS) is 21.9. The first-order valence-electron chi connectivity index (χ1n) is 7.26. The van der Waals surface area contributed by atoms with Crippen LogP contribution in [0.3, 0.4) is 0 Å². The summed E-state index contributed by atoms with van der Waals surface area (Å²) in [5.41, 5.74) is 2.96. The molecule has 0 saturated heterocycles. The Kier molecular flexibility index (Phi) is 7.72. The van der Waals surface area contributed by atoms with Crippen LogP contribution in [-0.2, 0) is 0 Å². The molecule has 0 aromatic carbocycles. The lowest BCUT2D eigenvalue weighted by atomic mass is 9.88. The molecule has 0 aromatic heterocycles. The summed E-state index contributed by atoms with van der Waals surface area (Å²) in [5.74, 6) is 0.